The number of rotatable bonds is 3. The molecule has 0 aliphatic heterocycles. The molecule has 0 fully saturated rings. The van der Waals surface area contributed by atoms with Crippen molar-refractivity contribution in [2.24, 2.45) is 12.8 Å². The number of benzene rings is 1. The van der Waals surface area contributed by atoms with Crippen LogP contribution in [0.15, 0.2) is 24.4 Å². The van der Waals surface area contributed by atoms with E-state index in [2.05, 4.69) is 5.10 Å². The summed E-state index contributed by atoms with van der Waals surface area (Å²) >= 11 is 12.0. The predicted octanol–water partition coefficient (Wildman–Crippen LogP) is 3.11. The van der Waals surface area contributed by atoms with Crippen molar-refractivity contribution in [2.75, 3.05) is 0 Å². The highest BCUT2D eigenvalue weighted by molar-refractivity contribution is 6.31. The van der Waals surface area contributed by atoms with Crippen LogP contribution in [0.4, 0.5) is 4.39 Å². The van der Waals surface area contributed by atoms with Gasteiger partial charge in [0.1, 0.15) is 5.82 Å². The van der Waals surface area contributed by atoms with Gasteiger partial charge in [0.05, 0.1) is 23.0 Å². The van der Waals surface area contributed by atoms with Crippen LogP contribution in [0.2, 0.25) is 10.0 Å². The summed E-state index contributed by atoms with van der Waals surface area (Å²) in [5, 5.41) is 4.91. The van der Waals surface area contributed by atoms with E-state index in [4.69, 9.17) is 28.9 Å². The molecule has 0 amide bonds. The molecule has 0 saturated carbocycles. The van der Waals surface area contributed by atoms with E-state index in [1.54, 1.807) is 24.0 Å². The second kappa shape index (κ2) is 5.26. The third-order valence-electron chi connectivity index (χ3n) is 2.74. The zero-order chi connectivity index (χ0) is 13.3. The van der Waals surface area contributed by atoms with Gasteiger partial charge in [-0.1, -0.05) is 29.3 Å². The van der Waals surface area contributed by atoms with E-state index >= 15 is 0 Å². The lowest BCUT2D eigenvalue weighted by Crippen LogP contribution is -2.17. The van der Waals surface area contributed by atoms with Gasteiger partial charge in [-0.25, -0.2) is 4.39 Å². The Hall–Kier alpha value is -1.10. The highest BCUT2D eigenvalue weighted by atomic mass is 35.5. The van der Waals surface area contributed by atoms with E-state index < -0.39 is 0 Å². The van der Waals surface area contributed by atoms with Gasteiger partial charge in [-0.2, -0.15) is 5.10 Å². The molecule has 0 bridgehead atoms. The van der Waals surface area contributed by atoms with E-state index in [9.17, 15) is 4.39 Å². The SMILES string of the molecule is Cn1ncc(Cl)c1C(N)Cc1ccc(F)cc1Cl. The molecule has 96 valence electrons. The standard InChI is InChI=1S/C12H12Cl2FN3/c1-18-12(10(14)6-17-18)11(16)4-7-2-3-8(15)5-9(7)13/h2-3,5-6,11H,4,16H2,1H3. The van der Waals surface area contributed by atoms with Crippen molar-refractivity contribution in [3.63, 3.8) is 0 Å². The van der Waals surface area contributed by atoms with Gasteiger partial charge in [-0.05, 0) is 24.1 Å². The minimum absolute atomic E-state index is 0.340. The second-order valence-electron chi connectivity index (χ2n) is 4.05. The highest BCUT2D eigenvalue weighted by Gasteiger charge is 2.17. The molecule has 1 aromatic heterocycles. The van der Waals surface area contributed by atoms with Crippen LogP contribution in [0.5, 0.6) is 0 Å². The largest absolute Gasteiger partial charge is 0.322 e. The lowest BCUT2D eigenvalue weighted by atomic mass is 10.0. The molecule has 0 aliphatic rings. The lowest BCUT2D eigenvalue weighted by molar-refractivity contribution is 0.611. The van der Waals surface area contributed by atoms with Gasteiger partial charge >= 0.3 is 0 Å². The summed E-state index contributed by atoms with van der Waals surface area (Å²) in [6, 6.07) is 3.92. The molecule has 6 heteroatoms. The molecule has 2 rings (SSSR count). The van der Waals surface area contributed by atoms with Crippen LogP contribution >= 0.6 is 23.2 Å². The van der Waals surface area contributed by atoms with Gasteiger partial charge in [0, 0.05) is 12.1 Å². The summed E-state index contributed by atoms with van der Waals surface area (Å²) in [4.78, 5) is 0. The number of hydrogen-bond donors (Lipinski definition) is 1. The Bertz CT molecular complexity index is 549. The minimum Gasteiger partial charge on any atom is -0.322 e. The number of hydrogen-bond acceptors (Lipinski definition) is 2. The van der Waals surface area contributed by atoms with Gasteiger partial charge in [0.2, 0.25) is 0 Å². The summed E-state index contributed by atoms with van der Waals surface area (Å²) in [5.41, 5.74) is 7.60. The second-order valence-corrected chi connectivity index (χ2v) is 4.86. The first-order chi connectivity index (χ1) is 8.49. The molecule has 0 aliphatic carbocycles. The van der Waals surface area contributed by atoms with Gasteiger partial charge in [-0.3, -0.25) is 4.68 Å². The molecule has 1 atom stereocenters. The van der Waals surface area contributed by atoms with Crippen LogP contribution < -0.4 is 5.73 Å². The summed E-state index contributed by atoms with van der Waals surface area (Å²) in [6.45, 7) is 0. The molecular weight excluding hydrogens is 276 g/mol. The summed E-state index contributed by atoms with van der Waals surface area (Å²) in [7, 11) is 1.77. The zero-order valence-electron chi connectivity index (χ0n) is 9.70. The van der Waals surface area contributed by atoms with E-state index in [0.29, 0.717) is 16.5 Å². The lowest BCUT2D eigenvalue weighted by Gasteiger charge is -2.14. The molecule has 0 spiro atoms. The monoisotopic (exact) mass is 287 g/mol. The first-order valence-electron chi connectivity index (χ1n) is 5.36. The van der Waals surface area contributed by atoms with Crippen LogP contribution in [0.25, 0.3) is 0 Å². The van der Waals surface area contributed by atoms with Crippen LogP contribution in [-0.2, 0) is 13.5 Å². The van der Waals surface area contributed by atoms with Crippen LogP contribution in [0, 0.1) is 5.82 Å². The maximum atomic E-state index is 12.9. The Balaban J connectivity index is 2.24. The van der Waals surface area contributed by atoms with Crippen molar-refractivity contribution in [1.82, 2.24) is 9.78 Å². The quantitative estimate of drug-likeness (QED) is 0.943. The molecule has 18 heavy (non-hydrogen) atoms. The van der Waals surface area contributed by atoms with Gasteiger partial charge < -0.3 is 5.73 Å². The number of nitrogens with two attached hydrogens (primary N) is 1. The summed E-state index contributed by atoms with van der Waals surface area (Å²) in [5.74, 6) is -0.365. The van der Waals surface area contributed by atoms with E-state index in [1.165, 1.54) is 12.1 Å². The van der Waals surface area contributed by atoms with Gasteiger partial charge in [-0.15, -0.1) is 0 Å². The third-order valence-corrected chi connectivity index (χ3v) is 3.39. The van der Waals surface area contributed by atoms with E-state index in [-0.39, 0.29) is 11.9 Å². The topological polar surface area (TPSA) is 43.8 Å². The smallest absolute Gasteiger partial charge is 0.124 e. The molecule has 1 heterocycles. The average Bonchev–Trinajstić information content (AvgIpc) is 2.62. The highest BCUT2D eigenvalue weighted by Crippen LogP contribution is 2.26. The van der Waals surface area contributed by atoms with Gasteiger partial charge in [0.15, 0.2) is 0 Å². The third kappa shape index (κ3) is 2.66. The maximum absolute atomic E-state index is 12.9. The van der Waals surface area contributed by atoms with Crippen molar-refractivity contribution in [1.29, 1.82) is 0 Å². The Morgan fingerprint density at radius 3 is 2.67 bits per heavy atom. The number of aromatic nitrogens is 2. The fourth-order valence-corrected chi connectivity index (χ4v) is 2.41. The van der Waals surface area contributed by atoms with Crippen LogP contribution in [0.3, 0.4) is 0 Å². The Labute approximate surface area is 114 Å². The normalized spacial score (nSPS) is 12.7. The first kappa shape index (κ1) is 13.3. The fraction of sp³-hybridized carbons (Fsp3) is 0.250. The number of aryl methyl sites for hydroxylation is 1. The van der Waals surface area contributed by atoms with Crippen LogP contribution in [-0.4, -0.2) is 9.78 Å². The van der Waals surface area contributed by atoms with Crippen molar-refractivity contribution in [2.45, 2.75) is 12.5 Å². The Morgan fingerprint density at radius 2 is 2.11 bits per heavy atom. The van der Waals surface area contributed by atoms with Crippen LogP contribution in [0.1, 0.15) is 17.3 Å². The molecule has 3 nitrogen and oxygen atoms in total. The predicted molar refractivity (Wildman–Crippen MR) is 70.3 cm³/mol. The zero-order valence-corrected chi connectivity index (χ0v) is 11.2. The average molecular weight is 288 g/mol. The number of nitrogens with zero attached hydrogens (tertiary/aromatic N) is 2. The molecule has 0 radical (unpaired) electrons. The minimum atomic E-state index is -0.365. The summed E-state index contributed by atoms with van der Waals surface area (Å²) in [6.07, 6.45) is 2.02. The molecule has 2 N–H and O–H groups in total. The van der Waals surface area contributed by atoms with Crippen molar-refractivity contribution < 1.29 is 4.39 Å². The molecule has 1 unspecified atom stereocenters. The van der Waals surface area contributed by atoms with Gasteiger partial charge in [0.25, 0.3) is 0 Å². The summed E-state index contributed by atoms with van der Waals surface area (Å²) < 4.78 is 14.6. The Kier molecular flexibility index (Phi) is 3.90. The van der Waals surface area contributed by atoms with Crippen molar-refractivity contribution in [3.05, 3.63) is 51.5 Å². The first-order valence-corrected chi connectivity index (χ1v) is 6.11. The maximum Gasteiger partial charge on any atom is 0.124 e. The fourth-order valence-electron chi connectivity index (χ4n) is 1.86. The molecule has 0 saturated heterocycles. The van der Waals surface area contributed by atoms with E-state index in [1.807, 2.05) is 0 Å². The molecule has 2 aromatic rings. The number of halogens is 3. The van der Waals surface area contributed by atoms with Crippen molar-refractivity contribution >= 4 is 23.2 Å². The molecular formula is C12H12Cl2FN3. The molecule has 1 aromatic carbocycles. The van der Waals surface area contributed by atoms with E-state index in [0.717, 1.165) is 11.3 Å². The van der Waals surface area contributed by atoms with Crippen molar-refractivity contribution in [3.8, 4) is 0 Å². The Morgan fingerprint density at radius 1 is 1.39 bits per heavy atom.